The molecule has 4 heteroatoms. The molecule has 106 valence electrons. The summed E-state index contributed by atoms with van der Waals surface area (Å²) in [6.45, 7) is 0.741. The van der Waals surface area contributed by atoms with Gasteiger partial charge in [0.1, 0.15) is 18.5 Å². The Kier molecular flexibility index (Phi) is 5.77. The predicted molar refractivity (Wildman–Crippen MR) is 84.7 cm³/mol. The quantitative estimate of drug-likeness (QED) is 0.768. The summed E-state index contributed by atoms with van der Waals surface area (Å²) in [4.78, 5) is 1.23. The number of anilines is 1. The SMILES string of the molecule is CSc1ccc(NCC(O)COc2ccccc2)cc1. The van der Waals surface area contributed by atoms with Crippen molar-refractivity contribution in [2.24, 2.45) is 0 Å². The van der Waals surface area contributed by atoms with Crippen molar-refractivity contribution in [3.05, 3.63) is 54.6 Å². The van der Waals surface area contributed by atoms with Crippen LogP contribution in [-0.4, -0.2) is 30.6 Å². The topological polar surface area (TPSA) is 41.5 Å². The third-order valence-electron chi connectivity index (χ3n) is 2.82. The second-order valence-electron chi connectivity index (χ2n) is 4.39. The van der Waals surface area contributed by atoms with Crippen molar-refractivity contribution >= 4 is 17.4 Å². The fraction of sp³-hybridized carbons (Fsp3) is 0.250. The Bertz CT molecular complexity index is 502. The normalized spacial score (nSPS) is 11.9. The minimum absolute atomic E-state index is 0.278. The van der Waals surface area contributed by atoms with Crippen molar-refractivity contribution in [3.63, 3.8) is 0 Å². The smallest absolute Gasteiger partial charge is 0.119 e. The van der Waals surface area contributed by atoms with Crippen LogP contribution in [0.3, 0.4) is 0 Å². The number of ether oxygens (including phenoxy) is 1. The summed E-state index contributed by atoms with van der Waals surface area (Å²) in [6, 6.07) is 17.6. The molecular formula is C16H19NO2S. The van der Waals surface area contributed by atoms with Crippen molar-refractivity contribution in [1.29, 1.82) is 0 Å². The average molecular weight is 289 g/mol. The van der Waals surface area contributed by atoms with E-state index in [0.717, 1.165) is 11.4 Å². The van der Waals surface area contributed by atoms with E-state index in [1.165, 1.54) is 4.90 Å². The Balaban J connectivity index is 1.73. The highest BCUT2D eigenvalue weighted by Crippen LogP contribution is 2.17. The Morgan fingerprint density at radius 3 is 2.45 bits per heavy atom. The van der Waals surface area contributed by atoms with E-state index in [-0.39, 0.29) is 6.61 Å². The molecule has 2 rings (SSSR count). The highest BCUT2D eigenvalue weighted by Gasteiger charge is 2.05. The standard InChI is InChI=1S/C16H19NO2S/c1-20-16-9-7-13(8-10-16)17-11-14(18)12-19-15-5-3-2-4-6-15/h2-10,14,17-18H,11-12H2,1H3. The van der Waals surface area contributed by atoms with E-state index < -0.39 is 6.10 Å². The van der Waals surface area contributed by atoms with Crippen LogP contribution in [0, 0.1) is 0 Å². The molecule has 20 heavy (non-hydrogen) atoms. The molecule has 0 aliphatic rings. The Labute approximate surface area is 124 Å². The second-order valence-corrected chi connectivity index (χ2v) is 5.27. The van der Waals surface area contributed by atoms with Crippen molar-refractivity contribution in [1.82, 2.24) is 0 Å². The summed E-state index contributed by atoms with van der Waals surface area (Å²) in [7, 11) is 0. The molecule has 0 bridgehead atoms. The van der Waals surface area contributed by atoms with Gasteiger partial charge in [-0.2, -0.15) is 0 Å². The lowest BCUT2D eigenvalue weighted by Gasteiger charge is -2.14. The molecule has 0 radical (unpaired) electrons. The number of para-hydroxylation sites is 1. The van der Waals surface area contributed by atoms with Crippen LogP contribution in [0.4, 0.5) is 5.69 Å². The number of aliphatic hydroxyl groups is 1. The maximum atomic E-state index is 9.88. The lowest BCUT2D eigenvalue weighted by atomic mass is 10.3. The monoisotopic (exact) mass is 289 g/mol. The zero-order valence-corrected chi connectivity index (χ0v) is 12.3. The molecule has 3 nitrogen and oxygen atoms in total. The van der Waals surface area contributed by atoms with E-state index in [9.17, 15) is 5.11 Å². The van der Waals surface area contributed by atoms with E-state index in [0.29, 0.717) is 6.54 Å². The molecule has 1 atom stereocenters. The van der Waals surface area contributed by atoms with Crippen molar-refractivity contribution < 1.29 is 9.84 Å². The minimum atomic E-state index is -0.546. The fourth-order valence-electron chi connectivity index (χ4n) is 1.71. The van der Waals surface area contributed by atoms with Crippen LogP contribution in [0.1, 0.15) is 0 Å². The first kappa shape index (κ1) is 14.8. The van der Waals surface area contributed by atoms with Gasteiger partial charge in [0.15, 0.2) is 0 Å². The molecule has 0 amide bonds. The third kappa shape index (κ3) is 4.79. The molecule has 0 saturated carbocycles. The first-order chi connectivity index (χ1) is 9.78. The number of hydrogen-bond donors (Lipinski definition) is 2. The minimum Gasteiger partial charge on any atom is -0.491 e. The molecule has 0 aromatic heterocycles. The van der Waals surface area contributed by atoms with Gasteiger partial charge in [-0.3, -0.25) is 0 Å². The number of benzene rings is 2. The molecular weight excluding hydrogens is 270 g/mol. The zero-order chi connectivity index (χ0) is 14.2. The van der Waals surface area contributed by atoms with Gasteiger partial charge in [0.05, 0.1) is 0 Å². The predicted octanol–water partition coefficient (Wildman–Crippen LogP) is 3.26. The van der Waals surface area contributed by atoms with Gasteiger partial charge in [-0.15, -0.1) is 11.8 Å². The largest absolute Gasteiger partial charge is 0.491 e. The van der Waals surface area contributed by atoms with Gasteiger partial charge >= 0.3 is 0 Å². The summed E-state index contributed by atoms with van der Waals surface area (Å²) in [6.07, 6.45) is 1.50. The fourth-order valence-corrected chi connectivity index (χ4v) is 2.12. The van der Waals surface area contributed by atoms with Gasteiger partial charge < -0.3 is 15.2 Å². The van der Waals surface area contributed by atoms with Gasteiger partial charge in [-0.05, 0) is 42.7 Å². The van der Waals surface area contributed by atoms with Crippen LogP contribution in [-0.2, 0) is 0 Å². The number of aliphatic hydroxyl groups excluding tert-OH is 1. The maximum Gasteiger partial charge on any atom is 0.119 e. The summed E-state index contributed by atoms with van der Waals surface area (Å²) in [5.74, 6) is 0.774. The number of rotatable bonds is 7. The zero-order valence-electron chi connectivity index (χ0n) is 11.5. The van der Waals surface area contributed by atoms with Gasteiger partial charge in [0.2, 0.25) is 0 Å². The molecule has 0 saturated heterocycles. The molecule has 2 aromatic rings. The molecule has 0 aliphatic carbocycles. The van der Waals surface area contributed by atoms with Crippen molar-refractivity contribution in [2.75, 3.05) is 24.7 Å². The van der Waals surface area contributed by atoms with E-state index in [2.05, 4.69) is 17.4 Å². The van der Waals surface area contributed by atoms with Crippen molar-refractivity contribution in [3.8, 4) is 5.75 Å². The van der Waals surface area contributed by atoms with Crippen LogP contribution in [0.15, 0.2) is 59.5 Å². The molecule has 2 N–H and O–H groups in total. The van der Waals surface area contributed by atoms with Crippen molar-refractivity contribution in [2.45, 2.75) is 11.0 Å². The number of hydrogen-bond acceptors (Lipinski definition) is 4. The first-order valence-electron chi connectivity index (χ1n) is 6.52. The van der Waals surface area contributed by atoms with Gasteiger partial charge in [-0.25, -0.2) is 0 Å². The lowest BCUT2D eigenvalue weighted by Crippen LogP contribution is -2.26. The van der Waals surface area contributed by atoms with E-state index in [1.807, 2.05) is 48.7 Å². The molecule has 0 fully saturated rings. The average Bonchev–Trinajstić information content (AvgIpc) is 2.52. The maximum absolute atomic E-state index is 9.88. The van der Waals surface area contributed by atoms with E-state index in [1.54, 1.807) is 11.8 Å². The highest BCUT2D eigenvalue weighted by atomic mass is 32.2. The summed E-state index contributed by atoms with van der Waals surface area (Å²) >= 11 is 1.71. The van der Waals surface area contributed by atoms with Crippen LogP contribution in [0.5, 0.6) is 5.75 Å². The van der Waals surface area contributed by atoms with Gasteiger partial charge in [0, 0.05) is 17.1 Å². The summed E-state index contributed by atoms with van der Waals surface area (Å²) < 4.78 is 5.50. The molecule has 2 aromatic carbocycles. The van der Waals surface area contributed by atoms with E-state index in [4.69, 9.17) is 4.74 Å². The summed E-state index contributed by atoms with van der Waals surface area (Å²) in [5.41, 5.74) is 1.00. The lowest BCUT2D eigenvalue weighted by molar-refractivity contribution is 0.117. The Morgan fingerprint density at radius 1 is 1.10 bits per heavy atom. The third-order valence-corrected chi connectivity index (χ3v) is 3.56. The highest BCUT2D eigenvalue weighted by molar-refractivity contribution is 7.98. The number of nitrogens with one attached hydrogen (secondary N) is 1. The van der Waals surface area contributed by atoms with Crippen LogP contribution in [0.25, 0.3) is 0 Å². The Hall–Kier alpha value is -1.65. The van der Waals surface area contributed by atoms with Gasteiger partial charge in [0.25, 0.3) is 0 Å². The molecule has 0 heterocycles. The van der Waals surface area contributed by atoms with Crippen LogP contribution in [0.2, 0.25) is 0 Å². The first-order valence-corrected chi connectivity index (χ1v) is 7.74. The second kappa shape index (κ2) is 7.82. The van der Waals surface area contributed by atoms with Crippen LogP contribution < -0.4 is 10.1 Å². The molecule has 0 aliphatic heterocycles. The Morgan fingerprint density at radius 2 is 1.80 bits per heavy atom. The summed E-state index contributed by atoms with van der Waals surface area (Å²) in [5, 5.41) is 13.1. The van der Waals surface area contributed by atoms with Gasteiger partial charge in [-0.1, -0.05) is 18.2 Å². The van der Waals surface area contributed by atoms with Crippen LogP contribution >= 0.6 is 11.8 Å². The molecule has 0 spiro atoms. The van der Waals surface area contributed by atoms with E-state index >= 15 is 0 Å². The molecule has 1 unspecified atom stereocenters. The number of thioether (sulfide) groups is 1.